The lowest BCUT2D eigenvalue weighted by molar-refractivity contribution is 0.0648. The molecule has 9 heteroatoms. The molecule has 1 saturated heterocycles. The fourth-order valence-electron chi connectivity index (χ4n) is 3.76. The van der Waals surface area contributed by atoms with Crippen LogP contribution in [0, 0.1) is 0 Å². The third-order valence-electron chi connectivity index (χ3n) is 5.48. The smallest absolute Gasteiger partial charge is 0.354 e. The summed E-state index contributed by atoms with van der Waals surface area (Å²) in [6, 6.07) is 3.24. The quantitative estimate of drug-likeness (QED) is 0.740. The Morgan fingerprint density at radius 3 is 2.61 bits per heavy atom. The summed E-state index contributed by atoms with van der Waals surface area (Å²) in [4.78, 5) is 13.4. The summed E-state index contributed by atoms with van der Waals surface area (Å²) in [5.74, 6) is -0.615. The molecule has 4 rings (SSSR count). The number of carbonyl (C=O) groups is 1. The lowest BCUT2D eigenvalue weighted by Gasteiger charge is -2.35. The molecule has 1 N–H and O–H groups in total. The van der Waals surface area contributed by atoms with E-state index in [2.05, 4.69) is 15.1 Å². The standard InChI is InChI=1S/C19H22FN5O3/c1-23-6-4-19(20,5-7-23)13-8-15-12(10-21-25(15)11-17(13)28-3)14-9-16(18(26)27)24(2)22-14/h8-11H,4-7H2,1-3H3,(H,26,27). The van der Waals surface area contributed by atoms with Gasteiger partial charge in [-0.05, 0) is 32.0 Å². The van der Waals surface area contributed by atoms with Crippen molar-refractivity contribution in [2.75, 3.05) is 27.2 Å². The van der Waals surface area contributed by atoms with Crippen molar-refractivity contribution in [1.29, 1.82) is 0 Å². The van der Waals surface area contributed by atoms with Gasteiger partial charge in [0.25, 0.3) is 0 Å². The molecule has 148 valence electrons. The molecule has 1 aliphatic heterocycles. The number of hydrogen-bond acceptors (Lipinski definition) is 5. The third-order valence-corrected chi connectivity index (χ3v) is 5.48. The van der Waals surface area contributed by atoms with Crippen LogP contribution in [0.15, 0.2) is 24.5 Å². The highest BCUT2D eigenvalue weighted by Gasteiger charge is 2.38. The summed E-state index contributed by atoms with van der Waals surface area (Å²) in [5.41, 5.74) is 0.844. The van der Waals surface area contributed by atoms with Crippen LogP contribution in [0.3, 0.4) is 0 Å². The average molecular weight is 387 g/mol. The molecule has 0 bridgehead atoms. The highest BCUT2D eigenvalue weighted by molar-refractivity contribution is 5.89. The van der Waals surface area contributed by atoms with E-state index in [0.717, 1.165) is 0 Å². The number of pyridine rings is 1. The second kappa shape index (κ2) is 6.59. The van der Waals surface area contributed by atoms with Gasteiger partial charge in [-0.2, -0.15) is 10.2 Å². The lowest BCUT2D eigenvalue weighted by atomic mass is 9.86. The number of carboxylic acids is 1. The molecular weight excluding hydrogens is 365 g/mol. The number of aryl methyl sites for hydroxylation is 1. The fourth-order valence-corrected chi connectivity index (χ4v) is 3.76. The second-order valence-electron chi connectivity index (χ2n) is 7.26. The summed E-state index contributed by atoms with van der Waals surface area (Å²) in [7, 11) is 5.07. The van der Waals surface area contributed by atoms with Gasteiger partial charge in [0.05, 0.1) is 30.7 Å². The first-order valence-electron chi connectivity index (χ1n) is 9.03. The minimum Gasteiger partial charge on any atom is -0.495 e. The van der Waals surface area contributed by atoms with E-state index in [1.807, 2.05) is 7.05 Å². The summed E-state index contributed by atoms with van der Waals surface area (Å²) in [6.07, 6.45) is 4.03. The Hall–Kier alpha value is -2.94. The predicted octanol–water partition coefficient (Wildman–Crippen LogP) is 2.33. The molecule has 0 atom stereocenters. The number of ether oxygens (including phenoxy) is 1. The number of alkyl halides is 1. The zero-order chi connectivity index (χ0) is 20.1. The topological polar surface area (TPSA) is 84.9 Å². The first kappa shape index (κ1) is 18.4. The van der Waals surface area contributed by atoms with Crippen molar-refractivity contribution in [2.24, 2.45) is 7.05 Å². The van der Waals surface area contributed by atoms with Crippen LogP contribution >= 0.6 is 0 Å². The minimum atomic E-state index is -1.49. The minimum absolute atomic E-state index is 0.0698. The van der Waals surface area contributed by atoms with Gasteiger partial charge in [0.2, 0.25) is 0 Å². The number of hydrogen-bond donors (Lipinski definition) is 1. The summed E-state index contributed by atoms with van der Waals surface area (Å²) in [5, 5.41) is 17.9. The molecule has 0 saturated carbocycles. The normalized spacial score (nSPS) is 17.1. The summed E-state index contributed by atoms with van der Waals surface area (Å²) < 4.78 is 24.2. The van der Waals surface area contributed by atoms with Gasteiger partial charge in [0.1, 0.15) is 17.1 Å². The number of likely N-dealkylation sites (tertiary alicyclic amines) is 1. The van der Waals surface area contributed by atoms with Crippen molar-refractivity contribution in [3.63, 3.8) is 0 Å². The molecule has 0 amide bonds. The highest BCUT2D eigenvalue weighted by atomic mass is 19.1. The SMILES string of the molecule is COc1cn2ncc(-c3cc(C(=O)O)n(C)n3)c2cc1C1(F)CCN(C)CC1. The van der Waals surface area contributed by atoms with Crippen LogP contribution in [-0.2, 0) is 12.7 Å². The lowest BCUT2D eigenvalue weighted by Crippen LogP contribution is -2.38. The number of carboxylic acid groups (broad SMARTS) is 1. The number of aromatic nitrogens is 4. The largest absolute Gasteiger partial charge is 0.495 e. The number of methoxy groups -OCH3 is 1. The maximum absolute atomic E-state index is 15.8. The maximum Gasteiger partial charge on any atom is 0.354 e. The van der Waals surface area contributed by atoms with Crippen molar-refractivity contribution in [3.8, 4) is 17.0 Å². The zero-order valence-electron chi connectivity index (χ0n) is 16.0. The van der Waals surface area contributed by atoms with E-state index in [9.17, 15) is 9.90 Å². The zero-order valence-corrected chi connectivity index (χ0v) is 16.0. The van der Waals surface area contributed by atoms with Gasteiger partial charge in [0.15, 0.2) is 0 Å². The molecule has 0 spiro atoms. The van der Waals surface area contributed by atoms with Crippen molar-refractivity contribution in [3.05, 3.63) is 35.8 Å². The Morgan fingerprint density at radius 2 is 2.00 bits per heavy atom. The molecule has 3 aromatic heterocycles. The van der Waals surface area contributed by atoms with Gasteiger partial charge >= 0.3 is 5.97 Å². The number of piperidine rings is 1. The first-order chi connectivity index (χ1) is 13.3. The Bertz CT molecular complexity index is 1050. The van der Waals surface area contributed by atoms with Crippen LogP contribution in [0.4, 0.5) is 4.39 Å². The van der Waals surface area contributed by atoms with Crippen LogP contribution in [0.25, 0.3) is 16.8 Å². The molecule has 1 fully saturated rings. The van der Waals surface area contributed by atoms with Gasteiger partial charge in [-0.1, -0.05) is 0 Å². The molecule has 1 aliphatic rings. The van der Waals surface area contributed by atoms with Crippen molar-refractivity contribution in [1.82, 2.24) is 24.3 Å². The molecule has 4 heterocycles. The first-order valence-corrected chi connectivity index (χ1v) is 9.03. The van der Waals surface area contributed by atoms with E-state index in [0.29, 0.717) is 54.0 Å². The monoisotopic (exact) mass is 387 g/mol. The fraction of sp³-hybridized carbons (Fsp3) is 0.421. The van der Waals surface area contributed by atoms with E-state index < -0.39 is 11.6 Å². The van der Waals surface area contributed by atoms with E-state index in [1.54, 1.807) is 30.0 Å². The van der Waals surface area contributed by atoms with Crippen LogP contribution in [-0.4, -0.2) is 62.6 Å². The van der Waals surface area contributed by atoms with Crippen LogP contribution < -0.4 is 4.74 Å². The number of fused-ring (bicyclic) bond motifs is 1. The van der Waals surface area contributed by atoms with Gasteiger partial charge in [-0.15, -0.1) is 0 Å². The summed E-state index contributed by atoms with van der Waals surface area (Å²) in [6.45, 7) is 1.33. The third kappa shape index (κ3) is 2.91. The van der Waals surface area contributed by atoms with E-state index in [4.69, 9.17) is 4.74 Å². The molecule has 28 heavy (non-hydrogen) atoms. The van der Waals surface area contributed by atoms with Gasteiger partial charge in [0, 0.05) is 31.3 Å². The number of halogens is 1. The van der Waals surface area contributed by atoms with Gasteiger partial charge in [-0.3, -0.25) is 4.68 Å². The average Bonchev–Trinajstić information content (AvgIpc) is 3.26. The number of nitrogens with zero attached hydrogens (tertiary/aromatic N) is 5. The van der Waals surface area contributed by atoms with E-state index in [-0.39, 0.29) is 5.69 Å². The van der Waals surface area contributed by atoms with Crippen LogP contribution in [0.5, 0.6) is 5.75 Å². The Kier molecular flexibility index (Phi) is 4.34. The van der Waals surface area contributed by atoms with Crippen molar-refractivity contribution in [2.45, 2.75) is 18.5 Å². The maximum atomic E-state index is 15.8. The Morgan fingerprint density at radius 1 is 1.29 bits per heavy atom. The van der Waals surface area contributed by atoms with Crippen molar-refractivity contribution < 1.29 is 19.0 Å². The Balaban J connectivity index is 1.85. The molecule has 0 aromatic carbocycles. The van der Waals surface area contributed by atoms with Crippen LogP contribution in [0.2, 0.25) is 0 Å². The van der Waals surface area contributed by atoms with E-state index >= 15 is 4.39 Å². The van der Waals surface area contributed by atoms with Gasteiger partial charge < -0.3 is 14.7 Å². The second-order valence-corrected chi connectivity index (χ2v) is 7.26. The molecule has 0 unspecified atom stereocenters. The van der Waals surface area contributed by atoms with Crippen molar-refractivity contribution >= 4 is 11.5 Å². The number of aromatic carboxylic acids is 1. The Labute approximate surface area is 161 Å². The molecule has 0 radical (unpaired) electrons. The molecule has 3 aromatic rings. The van der Waals surface area contributed by atoms with Crippen LogP contribution in [0.1, 0.15) is 28.9 Å². The molecular formula is C19H22FN5O3. The highest BCUT2D eigenvalue weighted by Crippen LogP contribution is 2.42. The molecule has 8 nitrogen and oxygen atoms in total. The van der Waals surface area contributed by atoms with E-state index in [1.165, 1.54) is 17.9 Å². The summed E-state index contributed by atoms with van der Waals surface area (Å²) >= 11 is 0. The predicted molar refractivity (Wildman–Crippen MR) is 100 cm³/mol. The van der Waals surface area contributed by atoms with Gasteiger partial charge in [-0.25, -0.2) is 13.7 Å². The number of rotatable bonds is 4. The molecule has 0 aliphatic carbocycles.